The summed E-state index contributed by atoms with van der Waals surface area (Å²) >= 11 is 14.2. The van der Waals surface area contributed by atoms with E-state index >= 15 is 0 Å². The fourth-order valence-electron chi connectivity index (χ4n) is 4.99. The maximum Gasteiger partial charge on any atom is 0.0807 e. The van der Waals surface area contributed by atoms with Crippen LogP contribution in [0.5, 0.6) is 0 Å². The SMILES string of the molecule is Cl[C@H]1CCCC[C@]1(Cl)P(C1CCCCC1)C1CCCCC1. The largest absolute Gasteiger partial charge is 0.121 e. The monoisotopic (exact) mass is 348 g/mol. The third-order valence-corrected chi connectivity index (χ3v) is 12.0. The molecule has 3 aliphatic rings. The highest BCUT2D eigenvalue weighted by Gasteiger charge is 2.50. The molecule has 2 atom stereocenters. The van der Waals surface area contributed by atoms with Crippen LogP contribution in [0.2, 0.25) is 0 Å². The van der Waals surface area contributed by atoms with E-state index in [0.29, 0.717) is 0 Å². The first-order valence-electron chi connectivity index (χ1n) is 9.33. The molecule has 0 saturated heterocycles. The average Bonchev–Trinajstić information content (AvgIpc) is 2.53. The summed E-state index contributed by atoms with van der Waals surface area (Å²) in [6, 6.07) is 0. The van der Waals surface area contributed by atoms with Crippen molar-refractivity contribution < 1.29 is 0 Å². The van der Waals surface area contributed by atoms with E-state index in [0.717, 1.165) is 17.7 Å². The van der Waals surface area contributed by atoms with Gasteiger partial charge in [-0.05, 0) is 49.8 Å². The summed E-state index contributed by atoms with van der Waals surface area (Å²) in [5.41, 5.74) is 1.85. The van der Waals surface area contributed by atoms with Crippen LogP contribution in [0.25, 0.3) is 0 Å². The molecule has 0 nitrogen and oxygen atoms in total. The zero-order valence-corrected chi connectivity index (χ0v) is 15.7. The predicted molar refractivity (Wildman–Crippen MR) is 97.4 cm³/mol. The Hall–Kier alpha value is 1.01. The van der Waals surface area contributed by atoms with Crippen molar-refractivity contribution in [1.82, 2.24) is 0 Å². The molecule has 3 saturated carbocycles. The third kappa shape index (κ3) is 3.75. The van der Waals surface area contributed by atoms with E-state index < -0.39 is 0 Å². The van der Waals surface area contributed by atoms with Crippen molar-refractivity contribution in [1.29, 1.82) is 0 Å². The molecule has 0 aromatic heterocycles. The summed E-state index contributed by atoms with van der Waals surface area (Å²) in [5, 5.41) is 0.239. The number of hydrogen-bond donors (Lipinski definition) is 0. The van der Waals surface area contributed by atoms with Crippen molar-refractivity contribution in [2.75, 3.05) is 0 Å². The van der Waals surface area contributed by atoms with Gasteiger partial charge in [0, 0.05) is 0 Å². The lowest BCUT2D eigenvalue weighted by Crippen LogP contribution is -2.41. The van der Waals surface area contributed by atoms with Crippen LogP contribution in [0.15, 0.2) is 0 Å². The fourth-order valence-corrected chi connectivity index (χ4v) is 11.2. The summed E-state index contributed by atoms with van der Waals surface area (Å²) in [4.78, 5) is 0. The van der Waals surface area contributed by atoms with Crippen LogP contribution >= 0.6 is 31.1 Å². The van der Waals surface area contributed by atoms with E-state index in [-0.39, 0.29) is 17.9 Å². The van der Waals surface area contributed by atoms with Gasteiger partial charge >= 0.3 is 0 Å². The summed E-state index contributed by atoms with van der Waals surface area (Å²) in [6.45, 7) is 0. The molecule has 0 N–H and O–H groups in total. The predicted octanol–water partition coefficient (Wildman–Crippen LogP) is 7.25. The minimum absolute atomic E-state index is 0.0286. The lowest BCUT2D eigenvalue weighted by Gasteiger charge is -2.51. The molecule has 21 heavy (non-hydrogen) atoms. The van der Waals surface area contributed by atoms with Gasteiger partial charge in [-0.2, -0.15) is 0 Å². The number of hydrogen-bond acceptors (Lipinski definition) is 0. The third-order valence-electron chi connectivity index (χ3n) is 6.08. The van der Waals surface area contributed by atoms with Crippen molar-refractivity contribution in [3.05, 3.63) is 0 Å². The molecule has 0 amide bonds. The van der Waals surface area contributed by atoms with Crippen molar-refractivity contribution in [2.24, 2.45) is 0 Å². The van der Waals surface area contributed by atoms with Crippen molar-refractivity contribution in [2.45, 2.75) is 111 Å². The van der Waals surface area contributed by atoms with E-state index in [9.17, 15) is 0 Å². The molecule has 3 aliphatic carbocycles. The number of rotatable bonds is 3. The molecular formula is C18H31Cl2P. The van der Waals surface area contributed by atoms with Crippen LogP contribution in [-0.4, -0.2) is 21.3 Å². The Kier molecular flexibility index (Phi) is 6.20. The molecule has 122 valence electrons. The number of alkyl halides is 2. The van der Waals surface area contributed by atoms with Gasteiger partial charge in [0.2, 0.25) is 0 Å². The Morgan fingerprint density at radius 3 is 1.62 bits per heavy atom. The molecule has 0 aliphatic heterocycles. The molecule has 0 heterocycles. The minimum atomic E-state index is -0.103. The van der Waals surface area contributed by atoms with E-state index in [1.807, 2.05) is 0 Å². The van der Waals surface area contributed by atoms with E-state index in [1.165, 1.54) is 83.5 Å². The highest BCUT2D eigenvalue weighted by Crippen LogP contribution is 2.69. The Balaban J connectivity index is 1.82. The topological polar surface area (TPSA) is 0 Å². The van der Waals surface area contributed by atoms with Gasteiger partial charge in [0.15, 0.2) is 0 Å². The number of halogens is 2. The average molecular weight is 349 g/mol. The van der Waals surface area contributed by atoms with Gasteiger partial charge in [0.1, 0.15) is 0 Å². The molecule has 0 bridgehead atoms. The lowest BCUT2D eigenvalue weighted by molar-refractivity contribution is 0.446. The zero-order valence-electron chi connectivity index (χ0n) is 13.3. The first-order valence-corrected chi connectivity index (χ1v) is 11.6. The van der Waals surface area contributed by atoms with Crippen LogP contribution in [0, 0.1) is 0 Å². The van der Waals surface area contributed by atoms with Gasteiger partial charge in [0.05, 0.1) is 9.99 Å². The summed E-state index contributed by atoms with van der Waals surface area (Å²) in [5.74, 6) is 0. The van der Waals surface area contributed by atoms with Crippen LogP contribution < -0.4 is 0 Å². The lowest BCUT2D eigenvalue weighted by atomic mass is 9.98. The van der Waals surface area contributed by atoms with Gasteiger partial charge in [0.25, 0.3) is 0 Å². The van der Waals surface area contributed by atoms with Gasteiger partial charge in [-0.25, -0.2) is 0 Å². The second-order valence-electron chi connectivity index (χ2n) is 7.52. The van der Waals surface area contributed by atoms with Crippen molar-refractivity contribution in [3.63, 3.8) is 0 Å². The second-order valence-corrected chi connectivity index (χ2v) is 12.1. The van der Waals surface area contributed by atoms with Gasteiger partial charge in [-0.1, -0.05) is 59.3 Å². The Morgan fingerprint density at radius 1 is 0.667 bits per heavy atom. The van der Waals surface area contributed by atoms with Crippen molar-refractivity contribution in [3.8, 4) is 0 Å². The summed E-state index contributed by atoms with van der Waals surface area (Å²) in [7, 11) is -0.103. The fraction of sp³-hybridized carbons (Fsp3) is 1.00. The molecule has 0 radical (unpaired) electrons. The molecule has 3 heteroatoms. The van der Waals surface area contributed by atoms with E-state index in [2.05, 4.69) is 0 Å². The highest BCUT2D eigenvalue weighted by atomic mass is 35.5. The highest BCUT2D eigenvalue weighted by molar-refractivity contribution is 7.63. The van der Waals surface area contributed by atoms with Crippen molar-refractivity contribution >= 4 is 31.1 Å². The van der Waals surface area contributed by atoms with Crippen LogP contribution in [-0.2, 0) is 0 Å². The second kappa shape index (κ2) is 7.72. The van der Waals surface area contributed by atoms with E-state index in [4.69, 9.17) is 23.2 Å². The quantitative estimate of drug-likeness (QED) is 0.372. The molecule has 0 spiro atoms. The maximum atomic E-state index is 7.36. The molecule has 3 fully saturated rings. The standard InChI is InChI=1S/C18H31Cl2P/c19-17-13-7-8-14-18(17,20)21(15-9-3-1-4-10-15)16-11-5-2-6-12-16/h15-17H,1-14H2/t17-,18-/m0/s1. The van der Waals surface area contributed by atoms with Gasteiger partial charge in [-0.3, -0.25) is 0 Å². The molecule has 0 aromatic rings. The molecule has 0 unspecified atom stereocenters. The molecule has 0 aromatic carbocycles. The normalized spacial score (nSPS) is 37.0. The Labute approximate surface area is 142 Å². The van der Waals surface area contributed by atoms with Crippen LogP contribution in [0.3, 0.4) is 0 Å². The van der Waals surface area contributed by atoms with E-state index in [1.54, 1.807) is 0 Å². The van der Waals surface area contributed by atoms with Crippen LogP contribution in [0.4, 0.5) is 0 Å². The minimum Gasteiger partial charge on any atom is -0.121 e. The van der Waals surface area contributed by atoms with Gasteiger partial charge in [-0.15, -0.1) is 23.2 Å². The van der Waals surface area contributed by atoms with Gasteiger partial charge < -0.3 is 0 Å². The smallest absolute Gasteiger partial charge is 0.0807 e. The summed E-state index contributed by atoms with van der Waals surface area (Å²) in [6.07, 6.45) is 19.4. The first-order chi connectivity index (χ1) is 10.2. The first kappa shape index (κ1) is 16.9. The maximum absolute atomic E-state index is 7.36. The Bertz CT molecular complexity index is 305. The Morgan fingerprint density at radius 2 is 1.14 bits per heavy atom. The zero-order chi connectivity index (χ0) is 14.7. The molecule has 3 rings (SSSR count). The van der Waals surface area contributed by atoms with Crippen LogP contribution in [0.1, 0.15) is 89.9 Å². The summed E-state index contributed by atoms with van der Waals surface area (Å²) < 4.78 is -0.0286. The molecular weight excluding hydrogens is 318 g/mol.